The molecule has 1 aliphatic heterocycles. The van der Waals surface area contributed by atoms with E-state index in [0.29, 0.717) is 19.4 Å². The highest BCUT2D eigenvalue weighted by Gasteiger charge is 2.35. The van der Waals surface area contributed by atoms with Crippen LogP contribution >= 0.6 is 0 Å². The number of rotatable bonds is 3. The Morgan fingerprint density at radius 3 is 2.95 bits per heavy atom. The van der Waals surface area contributed by atoms with E-state index in [1.807, 2.05) is 6.08 Å². The van der Waals surface area contributed by atoms with E-state index in [9.17, 15) is 9.59 Å². The van der Waals surface area contributed by atoms with Gasteiger partial charge in [0, 0.05) is 17.3 Å². The first-order valence-electron chi connectivity index (χ1n) is 7.11. The van der Waals surface area contributed by atoms with Crippen molar-refractivity contribution in [2.45, 2.75) is 25.7 Å². The number of esters is 1. The maximum Gasteiger partial charge on any atom is 0.335 e. The lowest BCUT2D eigenvalue weighted by molar-refractivity contribution is -0.148. The number of hydrogen-bond acceptors (Lipinski definition) is 4. The van der Waals surface area contributed by atoms with Crippen molar-refractivity contribution in [3.8, 4) is 0 Å². The predicted octanol–water partition coefficient (Wildman–Crippen LogP) is 2.75. The van der Waals surface area contributed by atoms with Gasteiger partial charge in [-0.05, 0) is 43.5 Å². The molecule has 5 heteroatoms. The van der Waals surface area contributed by atoms with Gasteiger partial charge in [-0.3, -0.25) is 4.79 Å². The smallest absolute Gasteiger partial charge is 0.335 e. The number of benzene rings is 1. The summed E-state index contributed by atoms with van der Waals surface area (Å²) >= 11 is 0. The molecule has 0 radical (unpaired) electrons. The molecule has 3 rings (SSSR count). The van der Waals surface area contributed by atoms with E-state index in [-0.39, 0.29) is 23.4 Å². The standard InChI is InChI=1S/C16H17NO4/c1-2-21-16(20)10-4-6-14-12(8-10)11-7-9(15(18)19)3-5-13(11)17-14/h3,5-7,10,12,17H,2,4,8H2,1H3,(H,18,19). The molecule has 1 aromatic carbocycles. The molecule has 0 spiro atoms. The van der Waals surface area contributed by atoms with Crippen LogP contribution in [-0.2, 0) is 9.53 Å². The summed E-state index contributed by atoms with van der Waals surface area (Å²) in [6, 6.07) is 5.08. The second kappa shape index (κ2) is 5.24. The van der Waals surface area contributed by atoms with Crippen LogP contribution in [0.25, 0.3) is 0 Å². The molecule has 1 heterocycles. The Morgan fingerprint density at radius 2 is 2.24 bits per heavy atom. The second-order valence-electron chi connectivity index (χ2n) is 5.36. The number of anilines is 1. The van der Waals surface area contributed by atoms with Crippen LogP contribution < -0.4 is 5.32 Å². The van der Waals surface area contributed by atoms with Crippen molar-refractivity contribution in [2.75, 3.05) is 11.9 Å². The van der Waals surface area contributed by atoms with Crippen molar-refractivity contribution in [3.63, 3.8) is 0 Å². The first-order chi connectivity index (χ1) is 10.1. The van der Waals surface area contributed by atoms with E-state index in [2.05, 4.69) is 5.32 Å². The number of carbonyl (C=O) groups excluding carboxylic acids is 1. The molecule has 0 bridgehead atoms. The summed E-state index contributed by atoms with van der Waals surface area (Å²) in [5.74, 6) is -1.20. The average Bonchev–Trinajstić information content (AvgIpc) is 2.84. The molecule has 0 saturated heterocycles. The van der Waals surface area contributed by atoms with Crippen LogP contribution in [0.4, 0.5) is 5.69 Å². The number of carboxylic acids is 1. The molecule has 2 unspecified atom stereocenters. The largest absolute Gasteiger partial charge is 0.478 e. The molecule has 0 aromatic heterocycles. The van der Waals surface area contributed by atoms with Gasteiger partial charge in [0.05, 0.1) is 18.1 Å². The van der Waals surface area contributed by atoms with Gasteiger partial charge >= 0.3 is 11.9 Å². The molecule has 0 saturated carbocycles. The maximum absolute atomic E-state index is 11.9. The molecule has 0 fully saturated rings. The van der Waals surface area contributed by atoms with Crippen molar-refractivity contribution in [2.24, 2.45) is 5.92 Å². The van der Waals surface area contributed by atoms with Crippen LogP contribution in [0.1, 0.15) is 41.6 Å². The average molecular weight is 287 g/mol. The molecule has 21 heavy (non-hydrogen) atoms. The number of carbonyl (C=O) groups is 2. The number of aromatic carboxylic acids is 1. The zero-order valence-electron chi connectivity index (χ0n) is 11.8. The lowest BCUT2D eigenvalue weighted by Crippen LogP contribution is -2.23. The summed E-state index contributed by atoms with van der Waals surface area (Å²) in [6.45, 7) is 2.18. The first-order valence-corrected chi connectivity index (χ1v) is 7.11. The number of nitrogens with one attached hydrogen (secondary N) is 1. The zero-order valence-corrected chi connectivity index (χ0v) is 11.8. The van der Waals surface area contributed by atoms with Crippen molar-refractivity contribution in [1.82, 2.24) is 0 Å². The minimum Gasteiger partial charge on any atom is -0.478 e. The van der Waals surface area contributed by atoms with Gasteiger partial charge in [-0.2, -0.15) is 0 Å². The van der Waals surface area contributed by atoms with Crippen molar-refractivity contribution < 1.29 is 19.4 Å². The monoisotopic (exact) mass is 287 g/mol. The highest BCUT2D eigenvalue weighted by Crippen LogP contribution is 2.46. The second-order valence-corrected chi connectivity index (χ2v) is 5.36. The third-order valence-corrected chi connectivity index (χ3v) is 4.09. The van der Waals surface area contributed by atoms with Crippen LogP contribution in [0.3, 0.4) is 0 Å². The Balaban J connectivity index is 1.88. The van der Waals surface area contributed by atoms with Crippen LogP contribution in [0.5, 0.6) is 0 Å². The lowest BCUT2D eigenvalue weighted by Gasteiger charge is -2.24. The SMILES string of the molecule is CCOC(=O)C1CC=C2Nc3ccc(C(=O)O)cc3C2C1. The van der Waals surface area contributed by atoms with Crippen molar-refractivity contribution in [3.05, 3.63) is 41.1 Å². The van der Waals surface area contributed by atoms with Gasteiger partial charge in [-0.1, -0.05) is 6.08 Å². The summed E-state index contributed by atoms with van der Waals surface area (Å²) in [4.78, 5) is 23.0. The highest BCUT2D eigenvalue weighted by atomic mass is 16.5. The Kier molecular flexibility index (Phi) is 3.41. The van der Waals surface area contributed by atoms with Crippen molar-refractivity contribution in [1.29, 1.82) is 0 Å². The third kappa shape index (κ3) is 2.39. The molecule has 1 aromatic rings. The van der Waals surface area contributed by atoms with E-state index in [1.54, 1.807) is 25.1 Å². The van der Waals surface area contributed by atoms with Crippen LogP contribution in [0.2, 0.25) is 0 Å². The van der Waals surface area contributed by atoms with E-state index >= 15 is 0 Å². The lowest BCUT2D eigenvalue weighted by atomic mass is 9.82. The van der Waals surface area contributed by atoms with E-state index in [0.717, 1.165) is 16.9 Å². The van der Waals surface area contributed by atoms with Crippen molar-refractivity contribution >= 4 is 17.6 Å². The van der Waals surface area contributed by atoms with Gasteiger partial charge in [0.25, 0.3) is 0 Å². The highest BCUT2D eigenvalue weighted by molar-refractivity contribution is 5.89. The van der Waals surface area contributed by atoms with E-state index < -0.39 is 5.97 Å². The Morgan fingerprint density at radius 1 is 1.43 bits per heavy atom. The molecular formula is C16H17NO4. The molecule has 2 atom stereocenters. The molecule has 5 nitrogen and oxygen atoms in total. The van der Waals surface area contributed by atoms with Gasteiger partial charge in [0.15, 0.2) is 0 Å². The van der Waals surface area contributed by atoms with E-state index in [4.69, 9.17) is 9.84 Å². The van der Waals surface area contributed by atoms with Crippen LogP contribution in [0.15, 0.2) is 30.0 Å². The number of allylic oxidation sites excluding steroid dienone is 2. The number of hydrogen-bond donors (Lipinski definition) is 2. The normalized spacial score (nSPS) is 22.6. The molecule has 1 aliphatic carbocycles. The third-order valence-electron chi connectivity index (χ3n) is 4.09. The van der Waals surface area contributed by atoms with E-state index in [1.165, 1.54) is 0 Å². The van der Waals surface area contributed by atoms with Gasteiger partial charge in [0.1, 0.15) is 0 Å². The minimum atomic E-state index is -0.937. The maximum atomic E-state index is 11.9. The predicted molar refractivity (Wildman–Crippen MR) is 77.2 cm³/mol. The number of ether oxygens (including phenoxy) is 1. The minimum absolute atomic E-state index is 0.0578. The molecule has 2 N–H and O–H groups in total. The zero-order chi connectivity index (χ0) is 15.0. The summed E-state index contributed by atoms with van der Waals surface area (Å²) in [5.41, 5.74) is 3.22. The Hall–Kier alpha value is -2.30. The fourth-order valence-electron chi connectivity index (χ4n) is 3.06. The first kappa shape index (κ1) is 13.7. The molecular weight excluding hydrogens is 270 g/mol. The molecule has 110 valence electrons. The summed E-state index contributed by atoms with van der Waals surface area (Å²) in [5, 5.41) is 12.4. The fraction of sp³-hybridized carbons (Fsp3) is 0.375. The number of carboxylic acid groups (broad SMARTS) is 1. The fourth-order valence-corrected chi connectivity index (χ4v) is 3.06. The number of fused-ring (bicyclic) bond motifs is 3. The molecule has 0 amide bonds. The quantitative estimate of drug-likeness (QED) is 0.836. The Bertz CT molecular complexity index is 635. The Labute approximate surface area is 122 Å². The van der Waals surface area contributed by atoms with Gasteiger partial charge in [-0.25, -0.2) is 4.79 Å². The van der Waals surface area contributed by atoms with Crippen LogP contribution in [0, 0.1) is 5.92 Å². The summed E-state index contributed by atoms with van der Waals surface area (Å²) < 4.78 is 5.10. The van der Waals surface area contributed by atoms with Crippen LogP contribution in [-0.4, -0.2) is 23.7 Å². The van der Waals surface area contributed by atoms with Gasteiger partial charge in [-0.15, -0.1) is 0 Å². The summed E-state index contributed by atoms with van der Waals surface area (Å²) in [7, 11) is 0. The van der Waals surface area contributed by atoms with Gasteiger partial charge in [0.2, 0.25) is 0 Å². The molecule has 2 aliphatic rings. The van der Waals surface area contributed by atoms with Gasteiger partial charge < -0.3 is 15.2 Å². The topological polar surface area (TPSA) is 75.6 Å². The summed E-state index contributed by atoms with van der Waals surface area (Å²) in [6.07, 6.45) is 3.35.